The van der Waals surface area contributed by atoms with Crippen LogP contribution in [0, 0.1) is 0 Å². The monoisotopic (exact) mass is 270 g/mol. The van der Waals surface area contributed by atoms with Crippen molar-refractivity contribution < 1.29 is 14.2 Å². The van der Waals surface area contributed by atoms with Gasteiger partial charge in [-0.05, 0) is 18.2 Å². The number of hydrogen-bond donors (Lipinski definition) is 2. The molecule has 1 heterocycles. The summed E-state index contributed by atoms with van der Waals surface area (Å²) < 4.78 is 1.65. The number of rotatable bonds is 4. The Morgan fingerprint density at radius 3 is 2.50 bits per heavy atom. The lowest BCUT2D eigenvalue weighted by Crippen LogP contribution is -2.44. The third-order valence-corrected chi connectivity index (χ3v) is 2.97. The SMILES string of the molecule is C[C@H](C(=O)Nc1ccccc1)[n+]1cccc(C(N)=O)c1. The minimum Gasteiger partial charge on any atom is -0.365 e. The van der Waals surface area contributed by atoms with Crippen LogP contribution in [-0.4, -0.2) is 11.8 Å². The number of nitrogens with two attached hydrogens (primary N) is 1. The van der Waals surface area contributed by atoms with Crippen molar-refractivity contribution in [2.45, 2.75) is 13.0 Å². The van der Waals surface area contributed by atoms with E-state index < -0.39 is 11.9 Å². The summed E-state index contributed by atoms with van der Waals surface area (Å²) in [6.45, 7) is 1.75. The van der Waals surface area contributed by atoms with Gasteiger partial charge in [0, 0.05) is 18.7 Å². The molecule has 1 atom stereocenters. The van der Waals surface area contributed by atoms with Crippen LogP contribution >= 0.6 is 0 Å². The molecule has 20 heavy (non-hydrogen) atoms. The summed E-state index contributed by atoms with van der Waals surface area (Å²) in [6, 6.07) is 12.1. The summed E-state index contributed by atoms with van der Waals surface area (Å²) in [5.41, 5.74) is 6.33. The van der Waals surface area contributed by atoms with Gasteiger partial charge in [-0.1, -0.05) is 18.2 Å². The molecule has 5 nitrogen and oxygen atoms in total. The number of pyridine rings is 1. The first-order chi connectivity index (χ1) is 9.58. The first-order valence-corrected chi connectivity index (χ1v) is 6.24. The Kier molecular flexibility index (Phi) is 4.10. The molecule has 2 aromatic rings. The number of aromatic nitrogens is 1. The second-order valence-electron chi connectivity index (χ2n) is 4.44. The number of anilines is 1. The van der Waals surface area contributed by atoms with Crippen molar-refractivity contribution in [2.75, 3.05) is 5.32 Å². The van der Waals surface area contributed by atoms with E-state index in [-0.39, 0.29) is 5.91 Å². The van der Waals surface area contributed by atoms with Crippen LogP contribution < -0.4 is 15.6 Å². The summed E-state index contributed by atoms with van der Waals surface area (Å²) in [6.07, 6.45) is 3.29. The molecule has 1 aromatic carbocycles. The number of hydrogen-bond acceptors (Lipinski definition) is 2. The van der Waals surface area contributed by atoms with E-state index in [1.165, 1.54) is 0 Å². The maximum absolute atomic E-state index is 12.1. The molecule has 0 aliphatic heterocycles. The molecule has 3 N–H and O–H groups in total. The van der Waals surface area contributed by atoms with Crippen LogP contribution in [0.1, 0.15) is 23.3 Å². The van der Waals surface area contributed by atoms with E-state index in [1.807, 2.05) is 30.3 Å². The van der Waals surface area contributed by atoms with Crippen molar-refractivity contribution in [3.8, 4) is 0 Å². The third-order valence-electron chi connectivity index (χ3n) is 2.97. The van der Waals surface area contributed by atoms with Gasteiger partial charge < -0.3 is 11.1 Å². The Labute approximate surface area is 117 Å². The molecule has 0 saturated heterocycles. The van der Waals surface area contributed by atoms with Gasteiger partial charge in [0.05, 0.1) is 0 Å². The lowest BCUT2D eigenvalue weighted by Gasteiger charge is -2.09. The standard InChI is InChI=1S/C15H15N3O2/c1-11(15(20)17-13-7-3-2-4-8-13)18-9-5-6-12(10-18)14(16)19/h2-11H,1H3,(H2-,16,17,19,20)/p+1/t11-/m1/s1. The van der Waals surface area contributed by atoms with Gasteiger partial charge in [-0.15, -0.1) is 0 Å². The zero-order valence-corrected chi connectivity index (χ0v) is 11.1. The molecule has 0 radical (unpaired) electrons. The smallest absolute Gasteiger partial charge is 0.293 e. The molecule has 0 bridgehead atoms. The molecule has 0 spiro atoms. The number of nitrogens with one attached hydrogen (secondary N) is 1. The van der Waals surface area contributed by atoms with Gasteiger partial charge in [-0.3, -0.25) is 9.59 Å². The van der Waals surface area contributed by atoms with E-state index in [9.17, 15) is 9.59 Å². The van der Waals surface area contributed by atoms with Gasteiger partial charge >= 0.3 is 0 Å². The minimum atomic E-state index is -0.519. The van der Waals surface area contributed by atoms with Crippen molar-refractivity contribution in [3.63, 3.8) is 0 Å². The normalized spacial score (nSPS) is 11.7. The Morgan fingerprint density at radius 1 is 1.15 bits per heavy atom. The average Bonchev–Trinajstić information content (AvgIpc) is 2.47. The number of nitrogens with zero attached hydrogens (tertiary/aromatic N) is 1. The van der Waals surface area contributed by atoms with Crippen molar-refractivity contribution in [3.05, 3.63) is 60.4 Å². The highest BCUT2D eigenvalue weighted by Gasteiger charge is 2.22. The number of carbonyl (C=O) groups excluding carboxylic acids is 2. The van der Waals surface area contributed by atoms with Gasteiger partial charge in [-0.25, -0.2) is 0 Å². The molecule has 5 heteroatoms. The van der Waals surface area contributed by atoms with Crippen LogP contribution in [0.2, 0.25) is 0 Å². The number of para-hydroxylation sites is 1. The summed E-state index contributed by atoms with van der Waals surface area (Å²) in [7, 11) is 0. The Hall–Kier alpha value is -2.69. The van der Waals surface area contributed by atoms with Gasteiger partial charge in [0.1, 0.15) is 5.56 Å². The number of carbonyl (C=O) groups is 2. The summed E-state index contributed by atoms with van der Waals surface area (Å²) in [5, 5.41) is 2.81. The zero-order valence-electron chi connectivity index (χ0n) is 11.1. The predicted molar refractivity (Wildman–Crippen MR) is 74.9 cm³/mol. The zero-order chi connectivity index (χ0) is 14.5. The molecular formula is C15H16N3O2+. The second-order valence-corrected chi connectivity index (χ2v) is 4.44. The number of benzene rings is 1. The first kappa shape index (κ1) is 13.7. The van der Waals surface area contributed by atoms with Crippen LogP contribution in [0.3, 0.4) is 0 Å². The van der Waals surface area contributed by atoms with E-state index in [0.29, 0.717) is 5.56 Å². The van der Waals surface area contributed by atoms with E-state index in [0.717, 1.165) is 5.69 Å². The first-order valence-electron chi connectivity index (χ1n) is 6.24. The highest BCUT2D eigenvalue weighted by molar-refractivity contribution is 5.93. The van der Waals surface area contributed by atoms with Crippen molar-refractivity contribution >= 4 is 17.5 Å². The molecule has 0 unspecified atom stereocenters. The fourth-order valence-electron chi connectivity index (χ4n) is 1.78. The summed E-state index contributed by atoms with van der Waals surface area (Å²) in [4.78, 5) is 23.3. The fourth-order valence-corrected chi connectivity index (χ4v) is 1.78. The number of amides is 2. The minimum absolute atomic E-state index is 0.164. The fraction of sp³-hybridized carbons (Fsp3) is 0.133. The molecule has 0 fully saturated rings. The summed E-state index contributed by atoms with van der Waals surface area (Å²) in [5.74, 6) is -0.683. The second kappa shape index (κ2) is 5.97. The van der Waals surface area contributed by atoms with Crippen LogP contribution in [0.15, 0.2) is 54.9 Å². The van der Waals surface area contributed by atoms with Gasteiger partial charge in [0.15, 0.2) is 12.4 Å². The van der Waals surface area contributed by atoms with E-state index in [4.69, 9.17) is 5.73 Å². The lowest BCUT2D eigenvalue weighted by molar-refractivity contribution is -0.705. The average molecular weight is 270 g/mol. The van der Waals surface area contributed by atoms with E-state index in [2.05, 4.69) is 5.32 Å². The van der Waals surface area contributed by atoms with Gasteiger partial charge in [0.2, 0.25) is 6.04 Å². The Balaban J connectivity index is 2.14. The molecule has 102 valence electrons. The third kappa shape index (κ3) is 3.20. The highest BCUT2D eigenvalue weighted by Crippen LogP contribution is 2.08. The van der Waals surface area contributed by atoms with Crippen LogP contribution in [0.25, 0.3) is 0 Å². The maximum Gasteiger partial charge on any atom is 0.293 e. The molecule has 0 aliphatic carbocycles. The lowest BCUT2D eigenvalue weighted by atomic mass is 10.2. The highest BCUT2D eigenvalue weighted by atomic mass is 16.2. The molecule has 0 aliphatic rings. The predicted octanol–water partition coefficient (Wildman–Crippen LogP) is 1.27. The Bertz CT molecular complexity index is 626. The molecular weight excluding hydrogens is 254 g/mol. The van der Waals surface area contributed by atoms with Gasteiger partial charge in [0.25, 0.3) is 11.8 Å². The number of primary amides is 1. The van der Waals surface area contributed by atoms with Crippen molar-refractivity contribution in [1.29, 1.82) is 0 Å². The van der Waals surface area contributed by atoms with Gasteiger partial charge in [-0.2, -0.15) is 4.57 Å². The van der Waals surface area contributed by atoms with E-state index >= 15 is 0 Å². The molecule has 2 rings (SSSR count). The summed E-state index contributed by atoms with van der Waals surface area (Å²) >= 11 is 0. The quantitative estimate of drug-likeness (QED) is 0.821. The van der Waals surface area contributed by atoms with Crippen LogP contribution in [0.5, 0.6) is 0 Å². The van der Waals surface area contributed by atoms with Crippen molar-refractivity contribution in [1.82, 2.24) is 0 Å². The Morgan fingerprint density at radius 2 is 1.85 bits per heavy atom. The maximum atomic E-state index is 12.1. The molecule has 0 saturated carbocycles. The largest absolute Gasteiger partial charge is 0.365 e. The molecule has 1 aromatic heterocycles. The van der Waals surface area contributed by atoms with Crippen LogP contribution in [0.4, 0.5) is 5.69 Å². The van der Waals surface area contributed by atoms with Crippen molar-refractivity contribution in [2.24, 2.45) is 5.73 Å². The topological polar surface area (TPSA) is 76.1 Å². The van der Waals surface area contributed by atoms with E-state index in [1.54, 1.807) is 36.0 Å². The molecule has 2 amide bonds. The van der Waals surface area contributed by atoms with Crippen LogP contribution in [-0.2, 0) is 4.79 Å².